The van der Waals surface area contributed by atoms with Gasteiger partial charge in [-0.2, -0.15) is 0 Å². The van der Waals surface area contributed by atoms with E-state index >= 15 is 0 Å². The van der Waals surface area contributed by atoms with E-state index in [9.17, 15) is 4.79 Å². The monoisotopic (exact) mass is 151 g/mol. The van der Waals surface area contributed by atoms with Crippen molar-refractivity contribution in [3.63, 3.8) is 0 Å². The number of nitrogens with two attached hydrogens (primary N) is 1. The van der Waals surface area contributed by atoms with E-state index in [1.165, 1.54) is 0 Å². The van der Waals surface area contributed by atoms with Crippen LogP contribution in [0.15, 0.2) is 24.3 Å². The third-order valence-corrected chi connectivity index (χ3v) is 1.37. The highest BCUT2D eigenvalue weighted by Crippen LogP contribution is 2.02. The minimum Gasteiger partial charge on any atom is -0.300 e. The van der Waals surface area contributed by atoms with Gasteiger partial charge in [0.15, 0.2) is 0 Å². The quantitative estimate of drug-likeness (QED) is 0.515. The van der Waals surface area contributed by atoms with Gasteiger partial charge in [-0.25, -0.2) is 5.90 Å². The molecule has 3 nitrogen and oxygen atoms in total. The summed E-state index contributed by atoms with van der Waals surface area (Å²) in [6.45, 7) is 0.374. The highest BCUT2D eigenvalue weighted by Gasteiger charge is 1.91. The van der Waals surface area contributed by atoms with Crippen molar-refractivity contribution in [2.45, 2.75) is 6.61 Å². The molecule has 0 saturated heterocycles. The molecule has 0 fully saturated rings. The molecule has 0 spiro atoms. The van der Waals surface area contributed by atoms with Crippen LogP contribution in [0, 0.1) is 0 Å². The number of rotatable bonds is 3. The first-order valence-electron chi connectivity index (χ1n) is 3.22. The number of hydrogen-bond donors (Lipinski definition) is 1. The van der Waals surface area contributed by atoms with Crippen LogP contribution in [-0.2, 0) is 11.4 Å². The van der Waals surface area contributed by atoms with E-state index in [1.54, 1.807) is 24.3 Å². The van der Waals surface area contributed by atoms with Crippen molar-refractivity contribution in [2.75, 3.05) is 0 Å². The molecule has 0 unspecified atom stereocenters. The van der Waals surface area contributed by atoms with Gasteiger partial charge in [-0.1, -0.05) is 24.3 Å². The summed E-state index contributed by atoms with van der Waals surface area (Å²) in [5.74, 6) is 4.86. The van der Waals surface area contributed by atoms with Gasteiger partial charge in [0.25, 0.3) is 0 Å². The van der Waals surface area contributed by atoms with Gasteiger partial charge in [0.05, 0.1) is 6.61 Å². The zero-order valence-electron chi connectivity index (χ0n) is 5.99. The molecule has 1 rings (SSSR count). The molecule has 0 aliphatic rings. The minimum atomic E-state index is 0.374. The summed E-state index contributed by atoms with van der Waals surface area (Å²) < 4.78 is 0. The standard InChI is InChI=1S/C8H9NO2/c9-11-6-8-3-1-7(5-10)2-4-8/h1-5H,6,9H2. The maximum Gasteiger partial charge on any atom is 0.150 e. The lowest BCUT2D eigenvalue weighted by molar-refractivity contribution is 0.112. The smallest absolute Gasteiger partial charge is 0.150 e. The maximum atomic E-state index is 10.2. The highest BCUT2D eigenvalue weighted by atomic mass is 16.6. The first-order valence-corrected chi connectivity index (χ1v) is 3.22. The van der Waals surface area contributed by atoms with Crippen LogP contribution >= 0.6 is 0 Å². The summed E-state index contributed by atoms with van der Waals surface area (Å²) in [5, 5.41) is 0. The van der Waals surface area contributed by atoms with Crippen molar-refractivity contribution in [1.82, 2.24) is 0 Å². The number of carbonyl (C=O) groups excluding carboxylic acids is 1. The van der Waals surface area contributed by atoms with Crippen LogP contribution in [-0.4, -0.2) is 6.29 Å². The fourth-order valence-electron chi connectivity index (χ4n) is 0.789. The highest BCUT2D eigenvalue weighted by molar-refractivity contribution is 5.74. The number of carbonyl (C=O) groups is 1. The number of hydrogen-bond acceptors (Lipinski definition) is 3. The lowest BCUT2D eigenvalue weighted by atomic mass is 10.2. The lowest BCUT2D eigenvalue weighted by Crippen LogP contribution is -1.98. The SMILES string of the molecule is NOCc1ccc(C=O)cc1. The molecule has 11 heavy (non-hydrogen) atoms. The van der Waals surface area contributed by atoms with Gasteiger partial charge in [0.1, 0.15) is 6.29 Å². The Morgan fingerprint density at radius 2 is 2.00 bits per heavy atom. The molecule has 0 aromatic heterocycles. The fourth-order valence-corrected chi connectivity index (χ4v) is 0.789. The van der Waals surface area contributed by atoms with E-state index in [4.69, 9.17) is 5.90 Å². The second-order valence-corrected chi connectivity index (χ2v) is 2.17. The van der Waals surface area contributed by atoms with Gasteiger partial charge in [-0.05, 0) is 5.56 Å². The van der Waals surface area contributed by atoms with Crippen molar-refractivity contribution in [1.29, 1.82) is 0 Å². The summed E-state index contributed by atoms with van der Waals surface area (Å²) in [6.07, 6.45) is 0.799. The molecule has 0 saturated carbocycles. The van der Waals surface area contributed by atoms with Gasteiger partial charge in [-0.3, -0.25) is 9.63 Å². The summed E-state index contributed by atoms with van der Waals surface area (Å²) >= 11 is 0. The van der Waals surface area contributed by atoms with Crippen molar-refractivity contribution < 1.29 is 9.63 Å². The topological polar surface area (TPSA) is 52.3 Å². The van der Waals surface area contributed by atoms with E-state index in [0.29, 0.717) is 12.2 Å². The molecule has 0 bridgehead atoms. The van der Waals surface area contributed by atoms with Crippen molar-refractivity contribution in [3.8, 4) is 0 Å². The lowest BCUT2D eigenvalue weighted by Gasteiger charge is -1.97. The van der Waals surface area contributed by atoms with Gasteiger partial charge in [0.2, 0.25) is 0 Å². The molecule has 0 aliphatic heterocycles. The van der Waals surface area contributed by atoms with Crippen LogP contribution in [0.2, 0.25) is 0 Å². The Hall–Kier alpha value is -1.19. The average Bonchev–Trinajstić information content (AvgIpc) is 2.07. The van der Waals surface area contributed by atoms with Crippen molar-refractivity contribution in [3.05, 3.63) is 35.4 Å². The van der Waals surface area contributed by atoms with Gasteiger partial charge in [-0.15, -0.1) is 0 Å². The third-order valence-electron chi connectivity index (χ3n) is 1.37. The second kappa shape index (κ2) is 3.85. The van der Waals surface area contributed by atoms with E-state index in [-0.39, 0.29) is 0 Å². The molecule has 0 heterocycles. The van der Waals surface area contributed by atoms with E-state index in [0.717, 1.165) is 11.8 Å². The fraction of sp³-hybridized carbons (Fsp3) is 0.125. The maximum absolute atomic E-state index is 10.2. The Morgan fingerprint density at radius 3 is 2.45 bits per heavy atom. The zero-order chi connectivity index (χ0) is 8.10. The van der Waals surface area contributed by atoms with Crippen molar-refractivity contribution >= 4 is 6.29 Å². The number of aldehydes is 1. The van der Waals surface area contributed by atoms with Crippen LogP contribution in [0.25, 0.3) is 0 Å². The number of benzene rings is 1. The average molecular weight is 151 g/mol. The first-order chi connectivity index (χ1) is 5.36. The molecule has 0 radical (unpaired) electrons. The van der Waals surface area contributed by atoms with Gasteiger partial charge < -0.3 is 0 Å². The second-order valence-electron chi connectivity index (χ2n) is 2.17. The van der Waals surface area contributed by atoms with Gasteiger partial charge in [0, 0.05) is 5.56 Å². The molecular formula is C8H9NO2. The molecule has 0 amide bonds. The summed E-state index contributed by atoms with van der Waals surface area (Å²) in [4.78, 5) is 14.6. The normalized spacial score (nSPS) is 9.55. The molecule has 1 aromatic rings. The molecule has 0 aliphatic carbocycles. The van der Waals surface area contributed by atoms with Crippen LogP contribution in [0.1, 0.15) is 15.9 Å². The first kappa shape index (κ1) is 7.91. The zero-order valence-corrected chi connectivity index (χ0v) is 5.99. The Bertz CT molecular complexity index is 230. The Labute approximate surface area is 64.7 Å². The summed E-state index contributed by atoms with van der Waals surface area (Å²) in [5.41, 5.74) is 1.61. The van der Waals surface area contributed by atoms with E-state index < -0.39 is 0 Å². The molecule has 3 heteroatoms. The van der Waals surface area contributed by atoms with Crippen LogP contribution in [0.3, 0.4) is 0 Å². The molecule has 1 aromatic carbocycles. The predicted octanol–water partition coefficient (Wildman–Crippen LogP) is 0.889. The van der Waals surface area contributed by atoms with Crippen molar-refractivity contribution in [2.24, 2.45) is 5.90 Å². The third kappa shape index (κ3) is 2.14. The van der Waals surface area contributed by atoms with Gasteiger partial charge >= 0.3 is 0 Å². The molecular weight excluding hydrogens is 142 g/mol. The van der Waals surface area contributed by atoms with Crippen LogP contribution in [0.5, 0.6) is 0 Å². The molecule has 58 valence electrons. The summed E-state index contributed by atoms with van der Waals surface area (Å²) in [7, 11) is 0. The molecule has 0 atom stereocenters. The largest absolute Gasteiger partial charge is 0.300 e. The predicted molar refractivity (Wildman–Crippen MR) is 40.8 cm³/mol. The Kier molecular flexibility index (Phi) is 2.77. The van der Waals surface area contributed by atoms with Crippen LogP contribution in [0.4, 0.5) is 0 Å². The summed E-state index contributed by atoms with van der Waals surface area (Å²) in [6, 6.07) is 7.05. The van der Waals surface area contributed by atoms with Crippen LogP contribution < -0.4 is 5.90 Å². The van der Waals surface area contributed by atoms with E-state index in [2.05, 4.69) is 4.84 Å². The minimum absolute atomic E-state index is 0.374. The Morgan fingerprint density at radius 1 is 1.36 bits per heavy atom. The Balaban J connectivity index is 2.74. The molecule has 2 N–H and O–H groups in total. The van der Waals surface area contributed by atoms with E-state index in [1.807, 2.05) is 0 Å².